The van der Waals surface area contributed by atoms with Crippen LogP contribution in [0.25, 0.3) is 0 Å². The van der Waals surface area contributed by atoms with Crippen LogP contribution in [0.15, 0.2) is 18.5 Å². The first-order valence-electron chi connectivity index (χ1n) is 7.55. The van der Waals surface area contributed by atoms with Gasteiger partial charge in [0.2, 0.25) is 5.91 Å². The molecule has 7 heteroatoms. The summed E-state index contributed by atoms with van der Waals surface area (Å²) in [5.74, 6) is -0.0597. The lowest BCUT2D eigenvalue weighted by molar-refractivity contribution is -0.171. The van der Waals surface area contributed by atoms with E-state index in [1.165, 1.54) is 0 Å². The van der Waals surface area contributed by atoms with E-state index < -0.39 is 5.60 Å². The van der Waals surface area contributed by atoms with Crippen LogP contribution >= 0.6 is 0 Å². The van der Waals surface area contributed by atoms with E-state index in [0.29, 0.717) is 45.0 Å². The summed E-state index contributed by atoms with van der Waals surface area (Å²) < 4.78 is 11.5. The summed E-state index contributed by atoms with van der Waals surface area (Å²) in [5, 5.41) is 0. The third kappa shape index (κ3) is 2.86. The molecule has 1 atom stereocenters. The number of hydrogen-bond acceptors (Lipinski definition) is 4. The molecule has 2 aliphatic heterocycles. The summed E-state index contributed by atoms with van der Waals surface area (Å²) in [4.78, 5) is 30.8. The molecule has 1 aromatic heterocycles. The van der Waals surface area contributed by atoms with Gasteiger partial charge in [-0.25, -0.2) is 0 Å². The topological polar surface area (TPSA) is 74.9 Å². The smallest absolute Gasteiger partial charge is 0.255 e. The van der Waals surface area contributed by atoms with Crippen molar-refractivity contribution in [1.29, 1.82) is 0 Å². The van der Waals surface area contributed by atoms with Gasteiger partial charge in [0, 0.05) is 25.5 Å². The summed E-state index contributed by atoms with van der Waals surface area (Å²) in [6.45, 7) is 4.90. The molecule has 3 rings (SSSR count). The Bertz CT molecular complexity index is 545. The molecular weight excluding hydrogens is 286 g/mol. The number of nitrogens with one attached hydrogen (secondary N) is 1. The number of ether oxygens (including phenoxy) is 2. The summed E-state index contributed by atoms with van der Waals surface area (Å²) in [5.41, 5.74) is -0.0110. The van der Waals surface area contributed by atoms with Crippen LogP contribution in [0.3, 0.4) is 0 Å². The predicted octanol–water partition coefficient (Wildman–Crippen LogP) is 0.105. The summed E-state index contributed by atoms with van der Waals surface area (Å²) in [6, 6.07) is 1.75. The molecule has 22 heavy (non-hydrogen) atoms. The summed E-state index contributed by atoms with van der Waals surface area (Å²) in [6.07, 6.45) is 3.41. The fourth-order valence-electron chi connectivity index (χ4n) is 2.98. The van der Waals surface area contributed by atoms with E-state index in [-0.39, 0.29) is 18.4 Å². The summed E-state index contributed by atoms with van der Waals surface area (Å²) in [7, 11) is 0. The van der Waals surface area contributed by atoms with Gasteiger partial charge in [-0.15, -0.1) is 0 Å². The van der Waals surface area contributed by atoms with Gasteiger partial charge >= 0.3 is 0 Å². The van der Waals surface area contributed by atoms with Crippen LogP contribution in [0.1, 0.15) is 17.3 Å². The summed E-state index contributed by atoms with van der Waals surface area (Å²) >= 11 is 0. The van der Waals surface area contributed by atoms with E-state index in [9.17, 15) is 9.59 Å². The van der Waals surface area contributed by atoms with Crippen molar-refractivity contribution in [3.8, 4) is 0 Å². The number of carbonyl (C=O) groups excluding carboxylic acids is 2. The van der Waals surface area contributed by atoms with Crippen molar-refractivity contribution in [3.63, 3.8) is 0 Å². The van der Waals surface area contributed by atoms with Crippen molar-refractivity contribution in [2.75, 3.05) is 46.0 Å². The average Bonchev–Trinajstić information content (AvgIpc) is 2.99. The highest BCUT2D eigenvalue weighted by Crippen LogP contribution is 2.24. The fourth-order valence-corrected chi connectivity index (χ4v) is 2.98. The SMILES string of the molecule is CCN1CC2(COCCN(C(=O)c3cc[nH]c3)C2)OCC1=O. The number of H-pyrrole nitrogens is 1. The molecule has 1 spiro atoms. The number of aromatic amines is 1. The van der Waals surface area contributed by atoms with Crippen molar-refractivity contribution in [1.82, 2.24) is 14.8 Å². The molecule has 2 amide bonds. The van der Waals surface area contributed by atoms with Crippen LogP contribution in [-0.4, -0.2) is 78.2 Å². The lowest BCUT2D eigenvalue weighted by Gasteiger charge is -2.42. The third-order valence-electron chi connectivity index (χ3n) is 4.20. The van der Waals surface area contributed by atoms with Gasteiger partial charge in [-0.3, -0.25) is 9.59 Å². The highest BCUT2D eigenvalue weighted by molar-refractivity contribution is 5.94. The van der Waals surface area contributed by atoms with Gasteiger partial charge < -0.3 is 24.3 Å². The minimum atomic E-state index is -0.633. The Morgan fingerprint density at radius 1 is 1.45 bits per heavy atom. The molecular formula is C15H21N3O4. The molecule has 1 unspecified atom stereocenters. The number of morpholine rings is 1. The maximum absolute atomic E-state index is 12.6. The van der Waals surface area contributed by atoms with Gasteiger partial charge in [-0.2, -0.15) is 0 Å². The Morgan fingerprint density at radius 2 is 2.32 bits per heavy atom. The molecule has 0 aliphatic carbocycles. The third-order valence-corrected chi connectivity index (χ3v) is 4.20. The zero-order chi connectivity index (χ0) is 15.6. The number of aromatic nitrogens is 1. The van der Waals surface area contributed by atoms with E-state index in [4.69, 9.17) is 9.47 Å². The molecule has 1 N–H and O–H groups in total. The first kappa shape index (κ1) is 15.1. The van der Waals surface area contributed by atoms with E-state index in [0.717, 1.165) is 0 Å². The Balaban J connectivity index is 1.78. The van der Waals surface area contributed by atoms with Crippen LogP contribution in [0, 0.1) is 0 Å². The zero-order valence-corrected chi connectivity index (χ0v) is 12.7. The van der Waals surface area contributed by atoms with Crippen LogP contribution < -0.4 is 0 Å². The lowest BCUT2D eigenvalue weighted by atomic mass is 10.0. The number of rotatable bonds is 2. The van der Waals surface area contributed by atoms with Gasteiger partial charge in [-0.05, 0) is 13.0 Å². The molecule has 120 valence electrons. The van der Waals surface area contributed by atoms with E-state index in [1.54, 1.807) is 28.3 Å². The monoisotopic (exact) mass is 307 g/mol. The maximum Gasteiger partial charge on any atom is 0.255 e. The van der Waals surface area contributed by atoms with Crippen molar-refractivity contribution in [2.45, 2.75) is 12.5 Å². The Morgan fingerprint density at radius 3 is 3.05 bits per heavy atom. The second kappa shape index (κ2) is 6.10. The van der Waals surface area contributed by atoms with Crippen LogP contribution in [0.2, 0.25) is 0 Å². The van der Waals surface area contributed by atoms with Crippen LogP contribution in [-0.2, 0) is 14.3 Å². The van der Waals surface area contributed by atoms with Crippen LogP contribution in [0.4, 0.5) is 0 Å². The molecule has 2 aliphatic rings. The second-order valence-corrected chi connectivity index (χ2v) is 5.76. The number of nitrogens with zero attached hydrogens (tertiary/aromatic N) is 2. The van der Waals surface area contributed by atoms with Crippen molar-refractivity contribution in [2.24, 2.45) is 0 Å². The van der Waals surface area contributed by atoms with Gasteiger partial charge in [0.05, 0.1) is 31.9 Å². The largest absolute Gasteiger partial charge is 0.376 e. The average molecular weight is 307 g/mol. The fraction of sp³-hybridized carbons (Fsp3) is 0.600. The molecule has 0 aromatic carbocycles. The first-order chi connectivity index (χ1) is 10.6. The number of likely N-dealkylation sites (N-methyl/N-ethyl adjacent to an activating group) is 1. The number of hydrogen-bond donors (Lipinski definition) is 1. The predicted molar refractivity (Wildman–Crippen MR) is 78.5 cm³/mol. The normalized spacial score (nSPS) is 26.3. The maximum atomic E-state index is 12.6. The van der Waals surface area contributed by atoms with E-state index in [2.05, 4.69) is 4.98 Å². The Labute approximate surface area is 129 Å². The van der Waals surface area contributed by atoms with Crippen LogP contribution in [0.5, 0.6) is 0 Å². The van der Waals surface area contributed by atoms with Gasteiger partial charge in [-0.1, -0.05) is 0 Å². The molecule has 0 bridgehead atoms. The number of carbonyl (C=O) groups is 2. The quantitative estimate of drug-likeness (QED) is 0.841. The highest BCUT2D eigenvalue weighted by atomic mass is 16.6. The van der Waals surface area contributed by atoms with Gasteiger partial charge in [0.25, 0.3) is 5.91 Å². The van der Waals surface area contributed by atoms with Gasteiger partial charge in [0.15, 0.2) is 0 Å². The van der Waals surface area contributed by atoms with Crippen molar-refractivity contribution < 1.29 is 19.1 Å². The molecule has 3 heterocycles. The Hall–Kier alpha value is -1.86. The van der Waals surface area contributed by atoms with Crippen molar-refractivity contribution >= 4 is 11.8 Å². The first-order valence-corrected chi connectivity index (χ1v) is 7.55. The standard InChI is InChI=1S/C15H21N3O4/c1-2-17-9-15(22-8-13(17)19)10-18(5-6-21-11-15)14(20)12-3-4-16-7-12/h3-4,7,16H,2,5-6,8-11H2,1H3. The molecule has 2 saturated heterocycles. The molecule has 0 radical (unpaired) electrons. The highest BCUT2D eigenvalue weighted by Gasteiger charge is 2.43. The molecule has 7 nitrogen and oxygen atoms in total. The zero-order valence-electron chi connectivity index (χ0n) is 12.7. The molecule has 2 fully saturated rings. The van der Waals surface area contributed by atoms with Gasteiger partial charge in [0.1, 0.15) is 12.2 Å². The minimum Gasteiger partial charge on any atom is -0.376 e. The van der Waals surface area contributed by atoms with E-state index >= 15 is 0 Å². The van der Waals surface area contributed by atoms with E-state index in [1.807, 2.05) is 6.92 Å². The molecule has 0 saturated carbocycles. The minimum absolute atomic E-state index is 0.0131. The molecule has 1 aromatic rings. The Kier molecular flexibility index (Phi) is 4.17. The van der Waals surface area contributed by atoms with Crippen molar-refractivity contribution in [3.05, 3.63) is 24.0 Å². The lowest BCUT2D eigenvalue weighted by Crippen LogP contribution is -2.60. The number of amides is 2. The second-order valence-electron chi connectivity index (χ2n) is 5.76.